The van der Waals surface area contributed by atoms with Gasteiger partial charge in [-0.3, -0.25) is 9.59 Å². The Balaban J connectivity index is 3.82. The zero-order chi connectivity index (χ0) is 13.3. The molecule has 0 spiro atoms. The van der Waals surface area contributed by atoms with E-state index in [0.717, 1.165) is 12.8 Å². The molecule has 0 amide bonds. The van der Waals surface area contributed by atoms with Crippen LogP contribution >= 0.6 is 0 Å². The number of ketones is 1. The number of ether oxygens (including phenoxy) is 1. The van der Waals surface area contributed by atoms with Gasteiger partial charge in [-0.05, 0) is 19.8 Å². The van der Waals surface area contributed by atoms with E-state index in [1.807, 2.05) is 0 Å². The smallest absolute Gasteiger partial charge is 0.307 e. The number of hydrogen-bond acceptors (Lipinski definition) is 4. The molecule has 5 nitrogen and oxygen atoms in total. The first kappa shape index (κ1) is 15.6. The molecular formula is C12H20O5. The standard InChI is InChI=1S/C12H20O5/c1-9(13)6-4-3-5-7-10(12(15)16)8-11(14)17-2/h10H,3-8H2,1-2H3,(H,15,16). The van der Waals surface area contributed by atoms with Gasteiger partial charge in [-0.2, -0.15) is 0 Å². The molecule has 1 atom stereocenters. The summed E-state index contributed by atoms with van der Waals surface area (Å²) in [6.07, 6.45) is 3.20. The lowest BCUT2D eigenvalue weighted by Gasteiger charge is -2.10. The van der Waals surface area contributed by atoms with Crippen LogP contribution in [0.4, 0.5) is 0 Å². The van der Waals surface area contributed by atoms with Crippen LogP contribution in [0.15, 0.2) is 0 Å². The molecule has 0 rings (SSSR count). The molecule has 98 valence electrons. The fourth-order valence-electron chi connectivity index (χ4n) is 1.54. The lowest BCUT2D eigenvalue weighted by atomic mass is 9.97. The van der Waals surface area contributed by atoms with Crippen LogP contribution in [0.1, 0.15) is 45.4 Å². The van der Waals surface area contributed by atoms with Gasteiger partial charge in [0.25, 0.3) is 0 Å². The summed E-state index contributed by atoms with van der Waals surface area (Å²) >= 11 is 0. The molecule has 0 aliphatic heterocycles. The van der Waals surface area contributed by atoms with E-state index in [2.05, 4.69) is 4.74 Å². The summed E-state index contributed by atoms with van der Waals surface area (Å²) in [4.78, 5) is 32.5. The van der Waals surface area contributed by atoms with Crippen LogP contribution in [0.3, 0.4) is 0 Å². The van der Waals surface area contributed by atoms with Crippen molar-refractivity contribution in [2.24, 2.45) is 5.92 Å². The first-order chi connectivity index (χ1) is 7.97. The van der Waals surface area contributed by atoms with Crippen molar-refractivity contribution in [3.8, 4) is 0 Å². The number of carboxylic acid groups (broad SMARTS) is 1. The van der Waals surface area contributed by atoms with E-state index in [9.17, 15) is 14.4 Å². The van der Waals surface area contributed by atoms with Crippen molar-refractivity contribution >= 4 is 17.7 Å². The van der Waals surface area contributed by atoms with Crippen LogP contribution in [0.5, 0.6) is 0 Å². The Bertz CT molecular complexity index is 272. The predicted octanol–water partition coefficient (Wildman–Crippen LogP) is 1.79. The van der Waals surface area contributed by atoms with Crippen molar-refractivity contribution < 1.29 is 24.2 Å². The number of esters is 1. The number of carboxylic acids is 1. The molecule has 0 saturated carbocycles. The monoisotopic (exact) mass is 244 g/mol. The average molecular weight is 244 g/mol. The van der Waals surface area contributed by atoms with Crippen molar-refractivity contribution in [2.75, 3.05) is 7.11 Å². The zero-order valence-electron chi connectivity index (χ0n) is 10.4. The SMILES string of the molecule is COC(=O)CC(CCCCCC(C)=O)C(=O)O. The Morgan fingerprint density at radius 1 is 1.18 bits per heavy atom. The molecular weight excluding hydrogens is 224 g/mol. The molecule has 0 aromatic rings. The minimum absolute atomic E-state index is 0.0848. The van der Waals surface area contributed by atoms with Gasteiger partial charge >= 0.3 is 11.9 Å². The Hall–Kier alpha value is -1.39. The third-order valence-electron chi connectivity index (χ3n) is 2.57. The van der Waals surface area contributed by atoms with Gasteiger partial charge in [0.1, 0.15) is 5.78 Å². The number of Topliss-reactive ketones (excluding diaryl/α,β-unsaturated/α-hetero) is 1. The highest BCUT2D eigenvalue weighted by molar-refractivity contribution is 5.78. The van der Waals surface area contributed by atoms with E-state index in [4.69, 9.17) is 5.11 Å². The van der Waals surface area contributed by atoms with Gasteiger partial charge in [-0.25, -0.2) is 0 Å². The molecule has 0 radical (unpaired) electrons. The van der Waals surface area contributed by atoms with Crippen LogP contribution in [0.2, 0.25) is 0 Å². The highest BCUT2D eigenvalue weighted by atomic mass is 16.5. The van der Waals surface area contributed by atoms with Gasteiger partial charge in [-0.1, -0.05) is 12.8 Å². The highest BCUT2D eigenvalue weighted by Gasteiger charge is 2.20. The summed E-state index contributed by atoms with van der Waals surface area (Å²) in [7, 11) is 1.24. The number of carbonyl (C=O) groups is 3. The minimum atomic E-state index is -0.970. The van der Waals surface area contributed by atoms with Crippen LogP contribution < -0.4 is 0 Å². The fourth-order valence-corrected chi connectivity index (χ4v) is 1.54. The van der Waals surface area contributed by atoms with Gasteiger partial charge in [-0.15, -0.1) is 0 Å². The Kier molecular flexibility index (Phi) is 8.01. The third-order valence-corrected chi connectivity index (χ3v) is 2.57. The second-order valence-corrected chi connectivity index (χ2v) is 4.12. The molecule has 0 saturated heterocycles. The molecule has 17 heavy (non-hydrogen) atoms. The molecule has 0 heterocycles. The Labute approximate surface area is 101 Å². The molecule has 0 aromatic carbocycles. The van der Waals surface area contributed by atoms with E-state index < -0.39 is 17.9 Å². The van der Waals surface area contributed by atoms with Crippen molar-refractivity contribution in [3.63, 3.8) is 0 Å². The first-order valence-electron chi connectivity index (χ1n) is 5.76. The van der Waals surface area contributed by atoms with Crippen LogP contribution in [-0.4, -0.2) is 29.9 Å². The van der Waals surface area contributed by atoms with E-state index in [-0.39, 0.29) is 12.2 Å². The number of aliphatic carboxylic acids is 1. The van der Waals surface area contributed by atoms with E-state index in [0.29, 0.717) is 19.3 Å². The van der Waals surface area contributed by atoms with Crippen molar-refractivity contribution in [3.05, 3.63) is 0 Å². The summed E-state index contributed by atoms with van der Waals surface area (Å²) in [5, 5.41) is 8.90. The maximum atomic E-state index is 11.0. The first-order valence-corrected chi connectivity index (χ1v) is 5.76. The van der Waals surface area contributed by atoms with Gasteiger partial charge in [0.2, 0.25) is 0 Å². The summed E-state index contributed by atoms with van der Waals surface area (Å²) in [5.41, 5.74) is 0. The number of hydrogen-bond donors (Lipinski definition) is 1. The molecule has 0 aromatic heterocycles. The largest absolute Gasteiger partial charge is 0.481 e. The van der Waals surface area contributed by atoms with E-state index in [1.54, 1.807) is 0 Å². The highest BCUT2D eigenvalue weighted by Crippen LogP contribution is 2.15. The molecule has 1 N–H and O–H groups in total. The van der Waals surface area contributed by atoms with Crippen molar-refractivity contribution in [2.45, 2.75) is 45.4 Å². The number of unbranched alkanes of at least 4 members (excludes halogenated alkanes) is 2. The maximum absolute atomic E-state index is 11.0. The Morgan fingerprint density at radius 3 is 2.29 bits per heavy atom. The van der Waals surface area contributed by atoms with Crippen LogP contribution in [0.25, 0.3) is 0 Å². The summed E-state index contributed by atoms with van der Waals surface area (Å²) in [6.45, 7) is 1.54. The normalized spacial score (nSPS) is 11.9. The van der Waals surface area contributed by atoms with E-state index in [1.165, 1.54) is 14.0 Å². The van der Waals surface area contributed by atoms with Crippen molar-refractivity contribution in [1.29, 1.82) is 0 Å². The summed E-state index contributed by atoms with van der Waals surface area (Å²) < 4.78 is 4.44. The van der Waals surface area contributed by atoms with Gasteiger partial charge in [0.05, 0.1) is 19.4 Å². The van der Waals surface area contributed by atoms with Crippen LogP contribution in [-0.2, 0) is 19.1 Å². The topological polar surface area (TPSA) is 80.7 Å². The van der Waals surface area contributed by atoms with Crippen LogP contribution in [0, 0.1) is 5.92 Å². The lowest BCUT2D eigenvalue weighted by Crippen LogP contribution is -2.18. The second kappa shape index (κ2) is 8.73. The van der Waals surface area contributed by atoms with Gasteiger partial charge in [0.15, 0.2) is 0 Å². The molecule has 0 bridgehead atoms. The second-order valence-electron chi connectivity index (χ2n) is 4.12. The molecule has 0 aliphatic rings. The van der Waals surface area contributed by atoms with Crippen molar-refractivity contribution in [1.82, 2.24) is 0 Å². The van der Waals surface area contributed by atoms with Gasteiger partial charge in [0, 0.05) is 6.42 Å². The zero-order valence-corrected chi connectivity index (χ0v) is 10.4. The summed E-state index contributed by atoms with van der Waals surface area (Å²) in [5.74, 6) is -2.00. The fraction of sp³-hybridized carbons (Fsp3) is 0.750. The number of carbonyl (C=O) groups excluding carboxylic acids is 2. The number of methoxy groups -OCH3 is 1. The molecule has 0 fully saturated rings. The maximum Gasteiger partial charge on any atom is 0.307 e. The molecule has 0 aliphatic carbocycles. The van der Waals surface area contributed by atoms with Gasteiger partial charge < -0.3 is 14.6 Å². The summed E-state index contributed by atoms with van der Waals surface area (Å²) in [6, 6.07) is 0. The quantitative estimate of drug-likeness (QED) is 0.494. The molecule has 1 unspecified atom stereocenters. The Morgan fingerprint density at radius 2 is 1.82 bits per heavy atom. The third kappa shape index (κ3) is 8.42. The minimum Gasteiger partial charge on any atom is -0.481 e. The molecule has 5 heteroatoms. The predicted molar refractivity (Wildman–Crippen MR) is 61.5 cm³/mol. The van der Waals surface area contributed by atoms with E-state index >= 15 is 0 Å². The average Bonchev–Trinajstić information content (AvgIpc) is 2.26. The lowest BCUT2D eigenvalue weighted by molar-refractivity contribution is -0.150. The number of rotatable bonds is 9.